The van der Waals surface area contributed by atoms with Crippen LogP contribution in [0.3, 0.4) is 0 Å². The van der Waals surface area contributed by atoms with Gasteiger partial charge in [-0.1, -0.05) is 39.0 Å². The second kappa shape index (κ2) is 8.09. The number of nitrogens with one attached hydrogen (secondary N) is 2. The van der Waals surface area contributed by atoms with Crippen LogP contribution in [0.1, 0.15) is 44.7 Å². The van der Waals surface area contributed by atoms with Crippen LogP contribution in [0, 0.1) is 11.8 Å². The third-order valence-corrected chi connectivity index (χ3v) is 5.43. The highest BCUT2D eigenvalue weighted by atomic mass is 19.3. The van der Waals surface area contributed by atoms with Gasteiger partial charge in [-0.25, -0.2) is 8.78 Å². The third-order valence-electron chi connectivity index (χ3n) is 5.43. The number of aliphatic hydroxyl groups is 1. The number of amides is 1. The molecule has 0 saturated carbocycles. The molecule has 3 N–H and O–H groups in total. The van der Waals surface area contributed by atoms with E-state index in [2.05, 4.69) is 22.5 Å². The maximum Gasteiger partial charge on any atom is 0.265 e. The van der Waals surface area contributed by atoms with Gasteiger partial charge in [0.15, 0.2) is 0 Å². The van der Waals surface area contributed by atoms with Gasteiger partial charge < -0.3 is 15.7 Å². The second-order valence-electron chi connectivity index (χ2n) is 8.10. The molecule has 1 aliphatic heterocycles. The number of aliphatic hydroxyl groups excluding tert-OH is 1. The number of fused-ring (bicyclic) bond motifs is 1. The van der Waals surface area contributed by atoms with E-state index in [4.69, 9.17) is 0 Å². The van der Waals surface area contributed by atoms with E-state index in [0.717, 1.165) is 12.1 Å². The fraction of sp³-hybridized carbons (Fsp3) is 0.524. The number of alkyl halides is 2. The van der Waals surface area contributed by atoms with Crippen molar-refractivity contribution in [1.82, 2.24) is 15.6 Å². The number of carbonyl (C=O) groups excluding carboxylic acids is 1. The van der Waals surface area contributed by atoms with Gasteiger partial charge in [0.2, 0.25) is 5.91 Å². The molecule has 3 atom stereocenters. The molecule has 2 aromatic rings. The minimum absolute atomic E-state index is 0.125. The van der Waals surface area contributed by atoms with Crippen molar-refractivity contribution in [3.63, 3.8) is 0 Å². The van der Waals surface area contributed by atoms with Gasteiger partial charge in [0.05, 0.1) is 11.1 Å². The van der Waals surface area contributed by atoms with Crippen molar-refractivity contribution in [3.05, 3.63) is 41.6 Å². The van der Waals surface area contributed by atoms with Gasteiger partial charge in [-0.3, -0.25) is 9.78 Å². The van der Waals surface area contributed by atoms with E-state index in [1.54, 1.807) is 32.0 Å². The van der Waals surface area contributed by atoms with Crippen molar-refractivity contribution in [1.29, 1.82) is 0 Å². The number of hydrogen-bond donors (Lipinski definition) is 3. The topological polar surface area (TPSA) is 74.2 Å². The number of aromatic nitrogens is 1. The predicted molar refractivity (Wildman–Crippen MR) is 104 cm³/mol. The van der Waals surface area contributed by atoms with Crippen molar-refractivity contribution in [3.8, 4) is 0 Å². The summed E-state index contributed by atoms with van der Waals surface area (Å²) in [4.78, 5) is 16.9. The largest absolute Gasteiger partial charge is 0.383 e. The monoisotopic (exact) mass is 391 g/mol. The Morgan fingerprint density at radius 3 is 2.75 bits per heavy atom. The number of nitrogens with zero attached hydrogens (tertiary/aromatic N) is 1. The van der Waals surface area contributed by atoms with Crippen molar-refractivity contribution >= 4 is 16.8 Å². The van der Waals surface area contributed by atoms with E-state index in [9.17, 15) is 18.7 Å². The standard InChI is InChI=1S/C21H27F2N3O2/c1-12(2)18(27)20(28)26-21(9-13(3)10-24-11-21)16-7-6-15(19(22)23)17-14(16)5-4-8-25-17/h4-8,12-13,18-19,24,27H,9-11H2,1-3H3,(H,26,28)/t13-,18-,21-/m0/s1. The van der Waals surface area contributed by atoms with Crippen molar-refractivity contribution < 1.29 is 18.7 Å². The number of hydrogen-bond acceptors (Lipinski definition) is 4. The molecule has 0 aliphatic carbocycles. The summed E-state index contributed by atoms with van der Waals surface area (Å²) in [6, 6.07) is 6.52. The van der Waals surface area contributed by atoms with E-state index < -0.39 is 24.0 Å². The number of carbonyl (C=O) groups is 1. The average molecular weight is 391 g/mol. The molecule has 5 nitrogen and oxygen atoms in total. The van der Waals surface area contributed by atoms with Gasteiger partial charge in [0.1, 0.15) is 6.10 Å². The lowest BCUT2D eigenvalue weighted by atomic mass is 9.77. The molecular formula is C21H27F2N3O2. The first kappa shape index (κ1) is 20.6. The lowest BCUT2D eigenvalue weighted by Crippen LogP contribution is -2.59. The Balaban J connectivity index is 2.14. The van der Waals surface area contributed by atoms with Crippen LogP contribution in [-0.2, 0) is 10.3 Å². The maximum absolute atomic E-state index is 13.5. The summed E-state index contributed by atoms with van der Waals surface area (Å²) in [7, 11) is 0. The summed E-state index contributed by atoms with van der Waals surface area (Å²) < 4.78 is 27.0. The zero-order valence-corrected chi connectivity index (χ0v) is 16.4. The van der Waals surface area contributed by atoms with Gasteiger partial charge in [-0.15, -0.1) is 0 Å². The highest BCUT2D eigenvalue weighted by Crippen LogP contribution is 2.38. The molecule has 7 heteroatoms. The molecule has 0 radical (unpaired) electrons. The normalized spacial score (nSPS) is 23.9. The van der Waals surface area contributed by atoms with Crippen LogP contribution >= 0.6 is 0 Å². The molecule has 1 amide bonds. The number of piperidine rings is 1. The summed E-state index contributed by atoms with van der Waals surface area (Å²) in [6.45, 7) is 6.87. The molecule has 0 unspecified atom stereocenters. The van der Waals surface area contributed by atoms with Gasteiger partial charge in [-0.2, -0.15) is 0 Å². The number of rotatable bonds is 5. The van der Waals surface area contributed by atoms with Crippen LogP contribution in [0.4, 0.5) is 8.78 Å². The summed E-state index contributed by atoms with van der Waals surface area (Å²) in [5.41, 5.74) is 0.0431. The van der Waals surface area contributed by atoms with Crippen molar-refractivity contribution in [2.75, 3.05) is 13.1 Å². The molecule has 0 spiro atoms. The fourth-order valence-corrected chi connectivity index (χ4v) is 4.04. The molecule has 1 aromatic heterocycles. The Morgan fingerprint density at radius 2 is 2.11 bits per heavy atom. The summed E-state index contributed by atoms with van der Waals surface area (Å²) in [6.07, 6.45) is -1.65. The van der Waals surface area contributed by atoms with Gasteiger partial charge in [0, 0.05) is 23.7 Å². The zero-order chi connectivity index (χ0) is 20.5. The molecule has 1 saturated heterocycles. The minimum atomic E-state index is -2.64. The molecule has 1 fully saturated rings. The maximum atomic E-state index is 13.5. The van der Waals surface area contributed by atoms with Crippen LogP contribution in [0.25, 0.3) is 10.9 Å². The number of halogens is 2. The van der Waals surface area contributed by atoms with E-state index in [-0.39, 0.29) is 22.9 Å². The Hall–Kier alpha value is -2.12. The molecule has 152 valence electrons. The SMILES string of the molecule is CC(C)[C@H](O)C(=O)N[C@]1(c2ccc(C(F)F)c3ncccc23)CNC[C@@H](C)C1. The Bertz CT molecular complexity index is 859. The van der Waals surface area contributed by atoms with Gasteiger partial charge in [0.25, 0.3) is 6.43 Å². The van der Waals surface area contributed by atoms with Gasteiger partial charge >= 0.3 is 0 Å². The summed E-state index contributed by atoms with van der Waals surface area (Å²) >= 11 is 0. The van der Waals surface area contributed by atoms with Gasteiger partial charge in [-0.05, 0) is 36.4 Å². The Morgan fingerprint density at radius 1 is 1.36 bits per heavy atom. The Kier molecular flexibility index (Phi) is 5.95. The molecule has 2 heterocycles. The summed E-state index contributed by atoms with van der Waals surface area (Å²) in [5, 5.41) is 17.2. The first-order valence-corrected chi connectivity index (χ1v) is 9.62. The average Bonchev–Trinajstić information content (AvgIpc) is 2.66. The van der Waals surface area contributed by atoms with E-state index in [1.807, 2.05) is 0 Å². The van der Waals surface area contributed by atoms with Crippen LogP contribution in [0.15, 0.2) is 30.5 Å². The third kappa shape index (κ3) is 3.86. The quantitative estimate of drug-likeness (QED) is 0.732. The molecule has 1 aromatic carbocycles. The minimum Gasteiger partial charge on any atom is -0.383 e. The molecule has 1 aliphatic rings. The van der Waals surface area contributed by atoms with Crippen molar-refractivity contribution in [2.45, 2.75) is 45.3 Å². The predicted octanol–water partition coefficient (Wildman–Crippen LogP) is 3.13. The van der Waals surface area contributed by atoms with Crippen molar-refractivity contribution in [2.24, 2.45) is 11.8 Å². The van der Waals surface area contributed by atoms with E-state index >= 15 is 0 Å². The molecule has 28 heavy (non-hydrogen) atoms. The first-order valence-electron chi connectivity index (χ1n) is 9.62. The molecular weight excluding hydrogens is 364 g/mol. The van der Waals surface area contributed by atoms with Crippen LogP contribution < -0.4 is 10.6 Å². The molecule has 3 rings (SSSR count). The highest BCUT2D eigenvalue weighted by molar-refractivity contribution is 5.88. The first-order chi connectivity index (χ1) is 13.2. The van der Waals surface area contributed by atoms with E-state index in [1.165, 1.54) is 12.3 Å². The van der Waals surface area contributed by atoms with Crippen LogP contribution in [0.5, 0.6) is 0 Å². The lowest BCUT2D eigenvalue weighted by molar-refractivity contribution is -0.134. The number of benzene rings is 1. The lowest BCUT2D eigenvalue weighted by Gasteiger charge is -2.43. The highest BCUT2D eigenvalue weighted by Gasteiger charge is 2.41. The van der Waals surface area contributed by atoms with E-state index in [0.29, 0.717) is 18.4 Å². The molecule has 0 bridgehead atoms. The van der Waals surface area contributed by atoms with Crippen LogP contribution in [-0.4, -0.2) is 35.2 Å². The Labute approximate surface area is 163 Å². The number of pyridine rings is 1. The zero-order valence-electron chi connectivity index (χ0n) is 16.4. The van der Waals surface area contributed by atoms with Crippen LogP contribution in [0.2, 0.25) is 0 Å². The smallest absolute Gasteiger partial charge is 0.265 e. The second-order valence-corrected chi connectivity index (χ2v) is 8.10. The fourth-order valence-electron chi connectivity index (χ4n) is 4.04. The summed E-state index contributed by atoms with van der Waals surface area (Å²) in [5.74, 6) is -0.432.